The van der Waals surface area contributed by atoms with Crippen molar-refractivity contribution in [3.8, 4) is 0 Å². The topological polar surface area (TPSA) is 155 Å². The summed E-state index contributed by atoms with van der Waals surface area (Å²) in [4.78, 5) is 41.6. The fraction of sp³-hybridized carbons (Fsp3) is 0.500. The van der Waals surface area contributed by atoms with Gasteiger partial charge in [-0.2, -0.15) is 0 Å². The van der Waals surface area contributed by atoms with E-state index in [1.807, 2.05) is 0 Å². The Hall–Kier alpha value is -0.120. The number of hydrogen-bond donors (Lipinski definition) is 2. The molecule has 0 heterocycles. The zero-order chi connectivity index (χ0) is 12.9. The third-order valence-electron chi connectivity index (χ3n) is 1.88. The molecule has 0 rings (SSSR count). The molecule has 10 heteroatoms. The first kappa shape index (κ1) is 23.0. The van der Waals surface area contributed by atoms with E-state index in [0.717, 1.165) is 0 Å². The van der Waals surface area contributed by atoms with E-state index in [4.69, 9.17) is 10.2 Å². The summed E-state index contributed by atoms with van der Waals surface area (Å²) in [5.41, 5.74) is 0. The molecule has 0 aromatic rings. The van der Waals surface area contributed by atoms with Gasteiger partial charge in [0.2, 0.25) is 0 Å². The van der Waals surface area contributed by atoms with Crippen molar-refractivity contribution >= 4 is 23.9 Å². The van der Waals surface area contributed by atoms with Crippen molar-refractivity contribution in [1.82, 2.24) is 0 Å². The molecule has 0 aliphatic carbocycles. The summed E-state index contributed by atoms with van der Waals surface area (Å²) in [5.74, 6) is -10.9. The van der Waals surface area contributed by atoms with Gasteiger partial charge in [0.25, 0.3) is 0 Å². The van der Waals surface area contributed by atoms with E-state index in [2.05, 4.69) is 0 Å². The van der Waals surface area contributed by atoms with E-state index >= 15 is 0 Å². The molecule has 0 unspecified atom stereocenters. The van der Waals surface area contributed by atoms with Gasteiger partial charge in [-0.15, -0.1) is 0 Å². The van der Waals surface area contributed by atoms with Crippen LogP contribution in [0.1, 0.15) is 12.8 Å². The molecule has 2 atom stereocenters. The van der Waals surface area contributed by atoms with E-state index in [-0.39, 0.29) is 59.1 Å². The van der Waals surface area contributed by atoms with Gasteiger partial charge in [0.05, 0.1) is 12.8 Å². The molecule has 0 aliphatic heterocycles. The Morgan fingerprint density at radius 3 is 1.11 bits per heavy atom. The Labute approximate surface area is 146 Å². The molecule has 0 aromatic carbocycles. The first-order valence-electron chi connectivity index (χ1n) is 4.11. The Bertz CT molecular complexity index is 297. The fourth-order valence-electron chi connectivity index (χ4n) is 1.16. The molecule has 0 radical (unpaired) electrons. The molecule has 0 aliphatic rings. The van der Waals surface area contributed by atoms with Crippen molar-refractivity contribution in [2.75, 3.05) is 0 Å². The smallest absolute Gasteiger partial charge is 0.550 e. The molecule has 90 valence electrons. The molecule has 0 amide bonds. The molecule has 2 N–H and O–H groups in total. The van der Waals surface area contributed by atoms with Crippen LogP contribution in [0.4, 0.5) is 0 Å². The van der Waals surface area contributed by atoms with E-state index in [1.165, 1.54) is 0 Å². The van der Waals surface area contributed by atoms with Crippen molar-refractivity contribution in [1.29, 1.82) is 0 Å². The second kappa shape index (κ2) is 10.8. The predicted molar refractivity (Wildman–Crippen MR) is 41.5 cm³/mol. The third-order valence-corrected chi connectivity index (χ3v) is 1.88. The minimum absolute atomic E-state index is 0. The van der Waals surface area contributed by atoms with Gasteiger partial charge >= 0.3 is 71.1 Å². The summed E-state index contributed by atoms with van der Waals surface area (Å²) >= 11 is 0. The van der Waals surface area contributed by atoms with E-state index < -0.39 is 48.6 Å². The minimum Gasteiger partial charge on any atom is -0.550 e. The number of carboxylic acid groups (broad SMARTS) is 4. The summed E-state index contributed by atoms with van der Waals surface area (Å²) in [6.07, 6.45) is -2.07. The van der Waals surface area contributed by atoms with Crippen molar-refractivity contribution in [3.63, 3.8) is 0 Å². The number of aliphatic carboxylic acids is 4. The maximum Gasteiger partial charge on any atom is 1.00 e. The molecule has 0 saturated carbocycles. The van der Waals surface area contributed by atoms with Gasteiger partial charge in [0, 0.05) is 23.8 Å². The second-order valence-corrected chi connectivity index (χ2v) is 3.05. The van der Waals surface area contributed by atoms with Crippen LogP contribution >= 0.6 is 0 Å². The first-order chi connectivity index (χ1) is 7.25. The number of carboxylic acids is 4. The number of rotatable bonds is 7. The summed E-state index contributed by atoms with van der Waals surface area (Å²) in [7, 11) is 0. The Morgan fingerprint density at radius 2 is 1.00 bits per heavy atom. The van der Waals surface area contributed by atoms with Crippen LogP contribution in [0.2, 0.25) is 0 Å². The van der Waals surface area contributed by atoms with Gasteiger partial charge in [-0.05, 0) is 0 Å². The Morgan fingerprint density at radius 1 is 0.778 bits per heavy atom. The van der Waals surface area contributed by atoms with Crippen LogP contribution in [0, 0.1) is 11.8 Å². The van der Waals surface area contributed by atoms with Crippen LogP contribution in [0.5, 0.6) is 0 Å². The van der Waals surface area contributed by atoms with Gasteiger partial charge in [0.1, 0.15) is 0 Å². The maximum absolute atomic E-state index is 10.5. The molecule has 0 bridgehead atoms. The SMILES string of the molecule is O=C(O)C[C@H](C(=O)[O-])[C@@H](CC(=O)O)C(=O)[O-].[Na+].[Na+]. The van der Waals surface area contributed by atoms with Crippen molar-refractivity contribution < 1.29 is 98.7 Å². The molecule has 18 heavy (non-hydrogen) atoms. The average molecular weight is 278 g/mol. The molecule has 0 fully saturated rings. The Balaban J connectivity index is -0.00000112. The summed E-state index contributed by atoms with van der Waals surface area (Å²) < 4.78 is 0. The number of carbonyl (C=O) groups excluding carboxylic acids is 2. The third kappa shape index (κ3) is 8.90. The van der Waals surface area contributed by atoms with Gasteiger partial charge in [-0.25, -0.2) is 0 Å². The summed E-state index contributed by atoms with van der Waals surface area (Å²) in [6.45, 7) is 0. The van der Waals surface area contributed by atoms with E-state index in [1.54, 1.807) is 0 Å². The van der Waals surface area contributed by atoms with Crippen LogP contribution in [0.3, 0.4) is 0 Å². The quantitative estimate of drug-likeness (QED) is 0.435. The zero-order valence-corrected chi connectivity index (χ0v) is 13.9. The van der Waals surface area contributed by atoms with Gasteiger partial charge < -0.3 is 30.0 Å². The first-order valence-corrected chi connectivity index (χ1v) is 4.11. The standard InChI is InChI=1S/C8H10O8.2Na/c9-5(10)1-3(7(13)14)4(8(15)16)2-6(11)12;;/h3-4H,1-2H2,(H,9,10)(H,11,12)(H,13,14)(H,15,16);;/q;2*+1/p-2/t3-,4+;;. The largest absolute Gasteiger partial charge is 1.00 e. The summed E-state index contributed by atoms with van der Waals surface area (Å²) in [5, 5.41) is 37.7. The molecule has 0 aromatic heterocycles. The average Bonchev–Trinajstić information content (AvgIpc) is 2.09. The van der Waals surface area contributed by atoms with Gasteiger partial charge in [-0.3, -0.25) is 9.59 Å². The normalized spacial score (nSPS) is 12.2. The van der Waals surface area contributed by atoms with E-state index in [0.29, 0.717) is 0 Å². The van der Waals surface area contributed by atoms with Crippen LogP contribution in [0.25, 0.3) is 0 Å². The predicted octanol–water partition coefficient (Wildman–Crippen LogP) is -9.32. The number of hydrogen-bond acceptors (Lipinski definition) is 6. The number of carbonyl (C=O) groups is 4. The second-order valence-electron chi connectivity index (χ2n) is 3.05. The van der Waals surface area contributed by atoms with Crippen molar-refractivity contribution in [2.45, 2.75) is 12.8 Å². The molecular weight excluding hydrogens is 270 g/mol. The van der Waals surface area contributed by atoms with Crippen LogP contribution in [-0.4, -0.2) is 34.1 Å². The van der Waals surface area contributed by atoms with Crippen LogP contribution < -0.4 is 69.3 Å². The molecular formula is C8H8Na2O8. The van der Waals surface area contributed by atoms with Crippen molar-refractivity contribution in [2.24, 2.45) is 11.8 Å². The minimum atomic E-state index is -1.93. The van der Waals surface area contributed by atoms with Crippen molar-refractivity contribution in [3.05, 3.63) is 0 Å². The fourth-order valence-corrected chi connectivity index (χ4v) is 1.16. The maximum atomic E-state index is 10.5. The van der Waals surface area contributed by atoms with Crippen LogP contribution in [-0.2, 0) is 19.2 Å². The Kier molecular flexibility index (Phi) is 13.8. The molecule has 0 spiro atoms. The monoisotopic (exact) mass is 278 g/mol. The van der Waals surface area contributed by atoms with Gasteiger partial charge in [-0.1, -0.05) is 0 Å². The molecule has 8 nitrogen and oxygen atoms in total. The van der Waals surface area contributed by atoms with Gasteiger partial charge in [0.15, 0.2) is 0 Å². The van der Waals surface area contributed by atoms with E-state index in [9.17, 15) is 29.4 Å². The molecule has 0 saturated heterocycles. The zero-order valence-electron chi connectivity index (χ0n) is 9.91. The summed E-state index contributed by atoms with van der Waals surface area (Å²) in [6, 6.07) is 0. The van der Waals surface area contributed by atoms with Crippen LogP contribution in [0.15, 0.2) is 0 Å².